The van der Waals surface area contributed by atoms with E-state index in [1.165, 1.54) is 4.90 Å². The molecule has 2 aromatic heterocycles. The van der Waals surface area contributed by atoms with Crippen molar-refractivity contribution in [3.05, 3.63) is 35.6 Å². The maximum Gasteiger partial charge on any atom is 0.407 e. The largest absolute Gasteiger partial charge is 0.465 e. The molecule has 0 atom stereocenters. The van der Waals surface area contributed by atoms with Crippen LogP contribution in [0, 0.1) is 5.92 Å². The highest BCUT2D eigenvalue weighted by atomic mass is 32.1. The number of amides is 1. The number of carboxylic acid groups (broad SMARTS) is 1. The fourth-order valence-electron chi connectivity index (χ4n) is 2.65. The van der Waals surface area contributed by atoms with Crippen molar-refractivity contribution in [1.29, 1.82) is 0 Å². The van der Waals surface area contributed by atoms with Gasteiger partial charge in [0.1, 0.15) is 5.01 Å². The zero-order valence-electron chi connectivity index (χ0n) is 11.6. The Morgan fingerprint density at radius 2 is 2.05 bits per heavy atom. The number of likely N-dealkylation sites (tertiary alicyclic amines) is 1. The van der Waals surface area contributed by atoms with E-state index < -0.39 is 6.09 Å². The summed E-state index contributed by atoms with van der Waals surface area (Å²) in [7, 11) is 0. The molecule has 0 aliphatic carbocycles. The fraction of sp³-hybridized carbons (Fsp3) is 0.400. The Bertz CT molecular complexity index is 606. The number of carbonyl (C=O) groups is 1. The second-order valence-corrected chi connectivity index (χ2v) is 6.16. The maximum absolute atomic E-state index is 10.9. The zero-order chi connectivity index (χ0) is 14.7. The molecule has 1 N–H and O–H groups in total. The van der Waals surface area contributed by atoms with Gasteiger partial charge in [0.2, 0.25) is 0 Å². The molecule has 0 radical (unpaired) electrons. The van der Waals surface area contributed by atoms with E-state index in [2.05, 4.69) is 15.3 Å². The van der Waals surface area contributed by atoms with E-state index in [9.17, 15) is 4.79 Å². The molecule has 1 saturated heterocycles. The first-order chi connectivity index (χ1) is 10.2. The van der Waals surface area contributed by atoms with Gasteiger partial charge in [-0.25, -0.2) is 9.78 Å². The van der Waals surface area contributed by atoms with Crippen LogP contribution in [0.15, 0.2) is 29.9 Å². The van der Waals surface area contributed by atoms with Crippen molar-refractivity contribution >= 4 is 17.4 Å². The third-order valence-corrected chi connectivity index (χ3v) is 4.80. The lowest BCUT2D eigenvalue weighted by Gasteiger charge is -2.29. The molecule has 6 heteroatoms. The van der Waals surface area contributed by atoms with Gasteiger partial charge >= 0.3 is 6.09 Å². The summed E-state index contributed by atoms with van der Waals surface area (Å²) >= 11 is 1.65. The Morgan fingerprint density at radius 3 is 2.71 bits per heavy atom. The van der Waals surface area contributed by atoms with E-state index in [1.54, 1.807) is 23.7 Å². The van der Waals surface area contributed by atoms with E-state index in [1.807, 2.05) is 12.1 Å². The Balaban J connectivity index is 1.60. The average Bonchev–Trinajstić information content (AvgIpc) is 2.97. The van der Waals surface area contributed by atoms with Crippen molar-refractivity contribution in [3.63, 3.8) is 0 Å². The van der Waals surface area contributed by atoms with Crippen LogP contribution in [-0.4, -0.2) is 39.2 Å². The minimum Gasteiger partial charge on any atom is -0.465 e. The molecule has 21 heavy (non-hydrogen) atoms. The SMILES string of the molecule is O=C(O)N1CCC(Cc2csc(-c3ccncc3)n2)CC1. The topological polar surface area (TPSA) is 66.3 Å². The van der Waals surface area contributed by atoms with Gasteiger partial charge in [0.05, 0.1) is 5.69 Å². The first-order valence-electron chi connectivity index (χ1n) is 7.05. The van der Waals surface area contributed by atoms with Gasteiger partial charge in [-0.05, 0) is 37.3 Å². The minimum absolute atomic E-state index is 0.535. The molecular formula is C15H17N3O2S. The molecule has 1 aliphatic rings. The fourth-order valence-corrected chi connectivity index (χ4v) is 3.49. The van der Waals surface area contributed by atoms with Crippen LogP contribution in [0.4, 0.5) is 4.79 Å². The summed E-state index contributed by atoms with van der Waals surface area (Å²) in [4.78, 5) is 21.1. The molecule has 2 aromatic rings. The first kappa shape index (κ1) is 14.0. The van der Waals surface area contributed by atoms with Crippen LogP contribution in [0.3, 0.4) is 0 Å². The lowest BCUT2D eigenvalue weighted by molar-refractivity contribution is 0.124. The molecule has 0 saturated carbocycles. The number of hydrogen-bond donors (Lipinski definition) is 1. The summed E-state index contributed by atoms with van der Waals surface area (Å²) in [5.41, 5.74) is 2.21. The molecule has 110 valence electrons. The van der Waals surface area contributed by atoms with Crippen LogP contribution < -0.4 is 0 Å². The normalized spacial score (nSPS) is 16.1. The van der Waals surface area contributed by atoms with Gasteiger partial charge in [-0.3, -0.25) is 4.98 Å². The van der Waals surface area contributed by atoms with E-state index >= 15 is 0 Å². The van der Waals surface area contributed by atoms with Gasteiger partial charge in [0.25, 0.3) is 0 Å². The second kappa shape index (κ2) is 6.22. The molecule has 1 aliphatic heterocycles. The van der Waals surface area contributed by atoms with Gasteiger partial charge in [0, 0.05) is 36.4 Å². The van der Waals surface area contributed by atoms with E-state index in [0.29, 0.717) is 19.0 Å². The van der Waals surface area contributed by atoms with E-state index in [-0.39, 0.29) is 0 Å². The molecule has 1 amide bonds. The van der Waals surface area contributed by atoms with Gasteiger partial charge < -0.3 is 10.0 Å². The third-order valence-electron chi connectivity index (χ3n) is 3.86. The molecule has 3 rings (SSSR count). The molecule has 0 spiro atoms. The number of pyridine rings is 1. The summed E-state index contributed by atoms with van der Waals surface area (Å²) < 4.78 is 0. The predicted octanol–water partition coefficient (Wildman–Crippen LogP) is 3.14. The average molecular weight is 303 g/mol. The summed E-state index contributed by atoms with van der Waals surface area (Å²) in [6.07, 6.45) is 5.54. The van der Waals surface area contributed by atoms with Gasteiger partial charge in [-0.2, -0.15) is 0 Å². The highest BCUT2D eigenvalue weighted by Gasteiger charge is 2.23. The van der Waals surface area contributed by atoms with Crippen molar-refractivity contribution in [3.8, 4) is 10.6 Å². The van der Waals surface area contributed by atoms with Crippen molar-refractivity contribution in [2.24, 2.45) is 5.92 Å². The van der Waals surface area contributed by atoms with Crippen molar-refractivity contribution in [2.75, 3.05) is 13.1 Å². The molecular weight excluding hydrogens is 286 g/mol. The number of aromatic nitrogens is 2. The summed E-state index contributed by atoms with van der Waals surface area (Å²) in [5, 5.41) is 12.1. The number of piperidine rings is 1. The highest BCUT2D eigenvalue weighted by Crippen LogP contribution is 2.26. The molecule has 5 nitrogen and oxygen atoms in total. The van der Waals surface area contributed by atoms with Gasteiger partial charge in [-0.15, -0.1) is 11.3 Å². The van der Waals surface area contributed by atoms with Crippen LogP contribution in [0.2, 0.25) is 0 Å². The Morgan fingerprint density at radius 1 is 1.33 bits per heavy atom. The number of nitrogens with zero attached hydrogens (tertiary/aromatic N) is 3. The van der Waals surface area contributed by atoms with Gasteiger partial charge in [-0.1, -0.05) is 0 Å². The predicted molar refractivity (Wildman–Crippen MR) is 81.4 cm³/mol. The second-order valence-electron chi connectivity index (χ2n) is 5.30. The highest BCUT2D eigenvalue weighted by molar-refractivity contribution is 7.13. The summed E-state index contributed by atoms with van der Waals surface area (Å²) in [6.45, 7) is 1.28. The smallest absolute Gasteiger partial charge is 0.407 e. The first-order valence-corrected chi connectivity index (χ1v) is 7.93. The van der Waals surface area contributed by atoms with Crippen molar-refractivity contribution < 1.29 is 9.90 Å². The van der Waals surface area contributed by atoms with Crippen LogP contribution in [-0.2, 0) is 6.42 Å². The minimum atomic E-state index is -0.804. The van der Waals surface area contributed by atoms with Crippen LogP contribution in [0.25, 0.3) is 10.6 Å². The lowest BCUT2D eigenvalue weighted by Crippen LogP contribution is -2.37. The van der Waals surface area contributed by atoms with E-state index in [0.717, 1.165) is 35.5 Å². The third kappa shape index (κ3) is 3.39. The quantitative estimate of drug-likeness (QED) is 0.946. The molecule has 0 bridgehead atoms. The van der Waals surface area contributed by atoms with Crippen molar-refractivity contribution in [2.45, 2.75) is 19.3 Å². The zero-order valence-corrected chi connectivity index (χ0v) is 12.4. The summed E-state index contributed by atoms with van der Waals surface area (Å²) in [5.74, 6) is 0.535. The monoisotopic (exact) mass is 303 g/mol. The molecule has 0 aromatic carbocycles. The van der Waals surface area contributed by atoms with Crippen molar-refractivity contribution in [1.82, 2.24) is 14.9 Å². The van der Waals surface area contributed by atoms with E-state index in [4.69, 9.17) is 5.11 Å². The molecule has 0 unspecified atom stereocenters. The lowest BCUT2D eigenvalue weighted by atomic mass is 9.93. The number of rotatable bonds is 3. The van der Waals surface area contributed by atoms with Crippen LogP contribution >= 0.6 is 11.3 Å². The molecule has 1 fully saturated rings. The van der Waals surface area contributed by atoms with Crippen LogP contribution in [0.1, 0.15) is 18.5 Å². The summed E-state index contributed by atoms with van der Waals surface area (Å²) in [6, 6.07) is 3.93. The Hall–Kier alpha value is -1.95. The Labute approximate surface area is 127 Å². The molecule has 3 heterocycles. The van der Waals surface area contributed by atoms with Gasteiger partial charge in [0.15, 0.2) is 0 Å². The number of hydrogen-bond acceptors (Lipinski definition) is 4. The standard InChI is InChI=1S/C15H17N3O2S/c19-15(20)18-7-3-11(4-8-18)9-13-10-21-14(17-13)12-1-5-16-6-2-12/h1-2,5-6,10-11H,3-4,7-9H2,(H,19,20). The number of thiazole rings is 1. The maximum atomic E-state index is 10.9. The van der Waals surface area contributed by atoms with Crippen LogP contribution in [0.5, 0.6) is 0 Å². The Kier molecular flexibility index (Phi) is 4.15.